The SMILES string of the molecule is COCCCCOc1cc(C)c(S(N)(=O)=O)cc1C. The molecule has 1 rings (SSSR count). The van der Waals surface area contributed by atoms with Gasteiger partial charge in [-0.2, -0.15) is 0 Å². The lowest BCUT2D eigenvalue weighted by molar-refractivity contribution is 0.184. The highest BCUT2D eigenvalue weighted by Gasteiger charge is 2.14. The molecule has 0 bridgehead atoms. The summed E-state index contributed by atoms with van der Waals surface area (Å²) in [5, 5.41) is 5.15. The molecule has 0 aromatic heterocycles. The zero-order chi connectivity index (χ0) is 14.5. The molecule has 1 aromatic carbocycles. The molecule has 0 aliphatic rings. The van der Waals surface area contributed by atoms with Gasteiger partial charge >= 0.3 is 0 Å². The van der Waals surface area contributed by atoms with E-state index in [0.717, 1.165) is 18.4 Å². The number of nitrogens with two attached hydrogens (primary N) is 1. The quantitative estimate of drug-likeness (QED) is 0.775. The summed E-state index contributed by atoms with van der Waals surface area (Å²) in [6, 6.07) is 3.26. The Kier molecular flexibility index (Phi) is 5.78. The van der Waals surface area contributed by atoms with Crippen molar-refractivity contribution in [2.45, 2.75) is 31.6 Å². The van der Waals surface area contributed by atoms with E-state index >= 15 is 0 Å². The molecule has 0 fully saturated rings. The number of primary sulfonamides is 1. The predicted octanol–water partition coefficient (Wildman–Crippen LogP) is 1.76. The maximum absolute atomic E-state index is 11.4. The highest BCUT2D eigenvalue weighted by molar-refractivity contribution is 7.89. The van der Waals surface area contributed by atoms with E-state index in [0.29, 0.717) is 24.5 Å². The van der Waals surface area contributed by atoms with Crippen LogP contribution >= 0.6 is 0 Å². The molecule has 0 saturated carbocycles. The number of aryl methyl sites for hydroxylation is 2. The fourth-order valence-corrected chi connectivity index (χ4v) is 2.60. The van der Waals surface area contributed by atoms with Gasteiger partial charge in [-0.25, -0.2) is 13.6 Å². The highest BCUT2D eigenvalue weighted by Crippen LogP contribution is 2.25. The second-order valence-electron chi connectivity index (χ2n) is 4.48. The van der Waals surface area contributed by atoms with Crippen molar-refractivity contribution < 1.29 is 17.9 Å². The topological polar surface area (TPSA) is 78.6 Å². The normalized spacial score (nSPS) is 11.6. The van der Waals surface area contributed by atoms with Crippen molar-refractivity contribution in [3.05, 3.63) is 23.3 Å². The van der Waals surface area contributed by atoms with Crippen LogP contribution in [0.15, 0.2) is 17.0 Å². The molecular formula is C13H21NO4S. The third-order valence-corrected chi connectivity index (χ3v) is 3.83. The van der Waals surface area contributed by atoms with Crippen molar-refractivity contribution in [3.8, 4) is 5.75 Å². The summed E-state index contributed by atoms with van der Waals surface area (Å²) in [5.41, 5.74) is 1.36. The lowest BCUT2D eigenvalue weighted by Crippen LogP contribution is -2.14. The lowest BCUT2D eigenvalue weighted by atomic mass is 10.1. The van der Waals surface area contributed by atoms with Crippen molar-refractivity contribution in [2.75, 3.05) is 20.3 Å². The largest absolute Gasteiger partial charge is 0.493 e. The molecule has 0 unspecified atom stereocenters. The lowest BCUT2D eigenvalue weighted by Gasteiger charge is -2.12. The van der Waals surface area contributed by atoms with Crippen LogP contribution in [0.3, 0.4) is 0 Å². The van der Waals surface area contributed by atoms with Gasteiger partial charge in [-0.3, -0.25) is 0 Å². The Balaban J connectivity index is 2.74. The van der Waals surface area contributed by atoms with E-state index in [1.807, 2.05) is 0 Å². The molecule has 2 N–H and O–H groups in total. The Morgan fingerprint density at radius 3 is 2.32 bits per heavy atom. The van der Waals surface area contributed by atoms with E-state index in [1.165, 1.54) is 0 Å². The van der Waals surface area contributed by atoms with Crippen LogP contribution < -0.4 is 9.88 Å². The second kappa shape index (κ2) is 6.88. The number of methoxy groups -OCH3 is 1. The number of hydrogen-bond acceptors (Lipinski definition) is 4. The third-order valence-electron chi connectivity index (χ3n) is 2.78. The molecule has 0 atom stereocenters. The number of rotatable bonds is 7. The van der Waals surface area contributed by atoms with Crippen LogP contribution in [-0.2, 0) is 14.8 Å². The average Bonchev–Trinajstić information content (AvgIpc) is 2.31. The van der Waals surface area contributed by atoms with E-state index in [1.54, 1.807) is 33.1 Å². The Labute approximate surface area is 114 Å². The number of unbranched alkanes of at least 4 members (excludes halogenated alkanes) is 1. The van der Waals surface area contributed by atoms with Gasteiger partial charge in [0.2, 0.25) is 10.0 Å². The van der Waals surface area contributed by atoms with E-state index in [9.17, 15) is 8.42 Å². The summed E-state index contributed by atoms with van der Waals surface area (Å²) < 4.78 is 33.3. The molecule has 0 spiro atoms. The minimum Gasteiger partial charge on any atom is -0.493 e. The van der Waals surface area contributed by atoms with E-state index in [-0.39, 0.29) is 4.90 Å². The zero-order valence-electron chi connectivity index (χ0n) is 11.6. The van der Waals surface area contributed by atoms with Crippen LogP contribution in [0.25, 0.3) is 0 Å². The molecule has 0 aliphatic carbocycles. The van der Waals surface area contributed by atoms with Crippen molar-refractivity contribution in [3.63, 3.8) is 0 Å². The Morgan fingerprint density at radius 1 is 1.11 bits per heavy atom. The van der Waals surface area contributed by atoms with Crippen molar-refractivity contribution >= 4 is 10.0 Å². The molecule has 1 aromatic rings. The van der Waals surface area contributed by atoms with Crippen molar-refractivity contribution in [1.29, 1.82) is 0 Å². The molecule has 6 heteroatoms. The van der Waals surface area contributed by atoms with Gasteiger partial charge in [-0.15, -0.1) is 0 Å². The maximum atomic E-state index is 11.4. The van der Waals surface area contributed by atoms with Crippen molar-refractivity contribution in [1.82, 2.24) is 0 Å². The van der Waals surface area contributed by atoms with Gasteiger partial charge in [0.15, 0.2) is 0 Å². The molecule has 0 aliphatic heterocycles. The van der Waals surface area contributed by atoms with Gasteiger partial charge in [-0.1, -0.05) is 0 Å². The van der Waals surface area contributed by atoms with E-state index in [4.69, 9.17) is 14.6 Å². The summed E-state index contributed by atoms with van der Waals surface area (Å²) in [4.78, 5) is 0.150. The smallest absolute Gasteiger partial charge is 0.238 e. The zero-order valence-corrected chi connectivity index (χ0v) is 12.4. The van der Waals surface area contributed by atoms with Crippen LogP contribution in [0.2, 0.25) is 0 Å². The standard InChI is InChI=1S/C13H21NO4S/c1-10-9-13(19(14,15)16)11(2)8-12(10)18-7-5-4-6-17-3/h8-9H,4-7H2,1-3H3,(H2,14,15,16). The van der Waals surface area contributed by atoms with Gasteiger partial charge in [0, 0.05) is 13.7 Å². The van der Waals surface area contributed by atoms with Gasteiger partial charge in [0.1, 0.15) is 5.75 Å². The molecule has 0 radical (unpaired) electrons. The van der Waals surface area contributed by atoms with E-state index in [2.05, 4.69) is 0 Å². The predicted molar refractivity (Wildman–Crippen MR) is 73.9 cm³/mol. The molecule has 0 amide bonds. The number of ether oxygens (including phenoxy) is 2. The fourth-order valence-electron chi connectivity index (χ4n) is 1.76. The number of benzene rings is 1. The molecule has 0 heterocycles. The van der Waals surface area contributed by atoms with Gasteiger partial charge in [0.25, 0.3) is 0 Å². The number of sulfonamides is 1. The molecule has 0 saturated heterocycles. The average molecular weight is 287 g/mol. The molecule has 19 heavy (non-hydrogen) atoms. The van der Waals surface area contributed by atoms with Crippen LogP contribution in [-0.4, -0.2) is 28.7 Å². The maximum Gasteiger partial charge on any atom is 0.238 e. The monoisotopic (exact) mass is 287 g/mol. The van der Waals surface area contributed by atoms with Gasteiger partial charge < -0.3 is 9.47 Å². The van der Waals surface area contributed by atoms with Crippen LogP contribution in [0.5, 0.6) is 5.75 Å². The first kappa shape index (κ1) is 15.9. The fraction of sp³-hybridized carbons (Fsp3) is 0.538. The van der Waals surface area contributed by atoms with Gasteiger partial charge in [-0.05, 0) is 49.9 Å². The minimum absolute atomic E-state index is 0.150. The summed E-state index contributed by atoms with van der Waals surface area (Å²) in [7, 11) is -2.01. The third kappa shape index (κ3) is 4.81. The summed E-state index contributed by atoms with van der Waals surface area (Å²) >= 11 is 0. The first-order chi connectivity index (χ1) is 8.86. The van der Waals surface area contributed by atoms with Crippen LogP contribution in [0.1, 0.15) is 24.0 Å². The highest BCUT2D eigenvalue weighted by atomic mass is 32.2. The van der Waals surface area contributed by atoms with Crippen LogP contribution in [0.4, 0.5) is 0 Å². The molecule has 108 valence electrons. The summed E-state index contributed by atoms with van der Waals surface area (Å²) in [6.07, 6.45) is 1.83. The van der Waals surface area contributed by atoms with Crippen LogP contribution in [0, 0.1) is 13.8 Å². The second-order valence-corrected chi connectivity index (χ2v) is 6.01. The van der Waals surface area contributed by atoms with Gasteiger partial charge in [0.05, 0.1) is 11.5 Å². The minimum atomic E-state index is -3.68. The van der Waals surface area contributed by atoms with E-state index < -0.39 is 10.0 Å². The Bertz CT molecular complexity index is 526. The first-order valence-electron chi connectivity index (χ1n) is 6.12. The van der Waals surface area contributed by atoms with Crippen molar-refractivity contribution in [2.24, 2.45) is 5.14 Å². The number of hydrogen-bond donors (Lipinski definition) is 1. The Hall–Kier alpha value is -1.11. The summed E-state index contributed by atoms with van der Waals surface area (Å²) in [5.74, 6) is 0.697. The Morgan fingerprint density at radius 2 is 1.74 bits per heavy atom. The molecule has 5 nitrogen and oxygen atoms in total. The molecular weight excluding hydrogens is 266 g/mol. The summed E-state index contributed by atoms with van der Waals surface area (Å²) in [6.45, 7) is 4.81. The first-order valence-corrected chi connectivity index (χ1v) is 7.66.